The fraction of sp³-hybridized carbons (Fsp3) is 0.391. The Morgan fingerprint density at radius 2 is 1.81 bits per heavy atom. The van der Waals surface area contributed by atoms with E-state index in [0.29, 0.717) is 11.4 Å². The van der Waals surface area contributed by atoms with Gasteiger partial charge >= 0.3 is 0 Å². The SMILES string of the molecule is COc1ccc(OC)c([C@H]2CCCN2Cn2nc(-c3ccccc3OC)n(C)c2=S)c1. The van der Waals surface area contributed by atoms with Crippen molar-refractivity contribution in [1.82, 2.24) is 19.2 Å². The largest absolute Gasteiger partial charge is 0.497 e. The second-order valence-electron chi connectivity index (χ2n) is 7.58. The highest BCUT2D eigenvalue weighted by Gasteiger charge is 2.30. The van der Waals surface area contributed by atoms with Gasteiger partial charge in [-0.05, 0) is 55.4 Å². The summed E-state index contributed by atoms with van der Waals surface area (Å²) >= 11 is 5.72. The van der Waals surface area contributed by atoms with Crippen molar-refractivity contribution in [2.24, 2.45) is 7.05 Å². The lowest BCUT2D eigenvalue weighted by Gasteiger charge is -2.26. The first kappa shape index (κ1) is 21.4. The molecule has 0 bridgehead atoms. The molecule has 1 aliphatic heterocycles. The molecule has 0 amide bonds. The summed E-state index contributed by atoms with van der Waals surface area (Å²) in [4.78, 5) is 2.39. The standard InChI is InChI=1S/C23H28N4O3S/c1-25-22(17-8-5-6-10-20(17)29-3)24-27(23(25)31)15-26-13-7-9-19(26)18-14-16(28-2)11-12-21(18)30-4/h5-6,8,10-12,14,19H,7,9,13,15H2,1-4H3/t19-/m1/s1. The van der Waals surface area contributed by atoms with Crippen molar-refractivity contribution < 1.29 is 14.2 Å². The molecule has 0 spiro atoms. The van der Waals surface area contributed by atoms with Crippen LogP contribution >= 0.6 is 12.2 Å². The lowest BCUT2D eigenvalue weighted by molar-refractivity contribution is 0.186. The van der Waals surface area contributed by atoms with Crippen molar-refractivity contribution in [1.29, 1.82) is 0 Å². The fourth-order valence-corrected chi connectivity index (χ4v) is 4.45. The number of likely N-dealkylation sites (tertiary alicyclic amines) is 1. The van der Waals surface area contributed by atoms with E-state index in [2.05, 4.69) is 11.0 Å². The molecule has 0 saturated carbocycles. The molecule has 0 radical (unpaired) electrons. The molecule has 3 aromatic rings. The molecule has 4 rings (SSSR count). The molecule has 31 heavy (non-hydrogen) atoms. The summed E-state index contributed by atoms with van der Waals surface area (Å²) in [6, 6.07) is 14.0. The summed E-state index contributed by atoms with van der Waals surface area (Å²) in [5.41, 5.74) is 2.05. The second-order valence-corrected chi connectivity index (χ2v) is 7.95. The number of nitrogens with zero attached hydrogens (tertiary/aromatic N) is 4. The normalized spacial score (nSPS) is 16.5. The third kappa shape index (κ3) is 4.05. The molecule has 1 aliphatic rings. The molecular formula is C23H28N4O3S. The van der Waals surface area contributed by atoms with Crippen LogP contribution in [0, 0.1) is 4.77 Å². The van der Waals surface area contributed by atoms with Gasteiger partial charge in [0.2, 0.25) is 0 Å². The van der Waals surface area contributed by atoms with Crippen LogP contribution in [0.2, 0.25) is 0 Å². The summed E-state index contributed by atoms with van der Waals surface area (Å²) in [7, 11) is 7.00. The fourth-order valence-electron chi connectivity index (χ4n) is 4.26. The van der Waals surface area contributed by atoms with Crippen LogP contribution in [0.4, 0.5) is 0 Å². The minimum absolute atomic E-state index is 0.212. The summed E-state index contributed by atoms with van der Waals surface area (Å²) in [6.45, 7) is 1.57. The highest BCUT2D eigenvalue weighted by molar-refractivity contribution is 7.71. The Kier molecular flexibility index (Phi) is 6.29. The average molecular weight is 441 g/mol. The molecule has 164 valence electrons. The Morgan fingerprint density at radius 1 is 1.03 bits per heavy atom. The van der Waals surface area contributed by atoms with Crippen LogP contribution in [0.5, 0.6) is 17.2 Å². The van der Waals surface area contributed by atoms with Gasteiger partial charge in [0.25, 0.3) is 0 Å². The molecule has 2 heterocycles. The van der Waals surface area contributed by atoms with E-state index in [1.807, 2.05) is 52.7 Å². The molecular weight excluding hydrogens is 412 g/mol. The van der Waals surface area contributed by atoms with Gasteiger partial charge in [0.15, 0.2) is 10.6 Å². The molecule has 0 N–H and O–H groups in total. The summed E-state index contributed by atoms with van der Waals surface area (Å²) in [5.74, 6) is 3.27. The van der Waals surface area contributed by atoms with E-state index in [1.54, 1.807) is 21.3 Å². The lowest BCUT2D eigenvalue weighted by atomic mass is 10.0. The van der Waals surface area contributed by atoms with Gasteiger partial charge in [0.1, 0.15) is 17.2 Å². The highest BCUT2D eigenvalue weighted by atomic mass is 32.1. The molecule has 1 aromatic heterocycles. The first-order valence-corrected chi connectivity index (χ1v) is 10.7. The van der Waals surface area contributed by atoms with Gasteiger partial charge in [-0.1, -0.05) is 12.1 Å². The maximum atomic E-state index is 5.72. The Balaban J connectivity index is 1.66. The van der Waals surface area contributed by atoms with Crippen molar-refractivity contribution in [3.63, 3.8) is 0 Å². The van der Waals surface area contributed by atoms with Crippen molar-refractivity contribution in [2.45, 2.75) is 25.6 Å². The van der Waals surface area contributed by atoms with Crippen molar-refractivity contribution in [3.05, 3.63) is 52.8 Å². The predicted octanol–water partition coefficient (Wildman–Crippen LogP) is 4.44. The van der Waals surface area contributed by atoms with Crippen LogP contribution in [0.3, 0.4) is 0 Å². The number of hydrogen-bond donors (Lipinski definition) is 0. The maximum absolute atomic E-state index is 5.72. The van der Waals surface area contributed by atoms with Crippen molar-refractivity contribution in [3.8, 4) is 28.6 Å². The Bertz CT molecular complexity index is 1120. The van der Waals surface area contributed by atoms with Gasteiger partial charge in [-0.25, -0.2) is 4.68 Å². The molecule has 1 saturated heterocycles. The van der Waals surface area contributed by atoms with Crippen LogP contribution in [-0.4, -0.2) is 47.1 Å². The molecule has 8 heteroatoms. The van der Waals surface area contributed by atoms with Crippen LogP contribution in [0.15, 0.2) is 42.5 Å². The zero-order chi connectivity index (χ0) is 22.0. The smallest absolute Gasteiger partial charge is 0.199 e. The summed E-state index contributed by atoms with van der Waals surface area (Å²) < 4.78 is 21.1. The highest BCUT2D eigenvalue weighted by Crippen LogP contribution is 2.39. The summed E-state index contributed by atoms with van der Waals surface area (Å²) in [5, 5.41) is 4.85. The number of methoxy groups -OCH3 is 3. The number of benzene rings is 2. The maximum Gasteiger partial charge on any atom is 0.199 e. The van der Waals surface area contributed by atoms with E-state index in [0.717, 1.165) is 53.6 Å². The van der Waals surface area contributed by atoms with E-state index >= 15 is 0 Å². The minimum atomic E-state index is 0.212. The third-order valence-corrected chi connectivity index (χ3v) is 6.35. The Labute approximate surface area is 187 Å². The second kappa shape index (κ2) is 9.11. The molecule has 2 aromatic carbocycles. The topological polar surface area (TPSA) is 53.7 Å². The predicted molar refractivity (Wildman–Crippen MR) is 122 cm³/mol. The number of ether oxygens (including phenoxy) is 3. The van der Waals surface area contributed by atoms with Crippen LogP contribution in [-0.2, 0) is 13.7 Å². The van der Waals surface area contributed by atoms with E-state index in [1.165, 1.54) is 0 Å². The van der Waals surface area contributed by atoms with Gasteiger partial charge in [0, 0.05) is 25.2 Å². The zero-order valence-corrected chi connectivity index (χ0v) is 19.2. The monoisotopic (exact) mass is 440 g/mol. The molecule has 1 fully saturated rings. The minimum Gasteiger partial charge on any atom is -0.497 e. The van der Waals surface area contributed by atoms with E-state index in [-0.39, 0.29) is 6.04 Å². The molecule has 7 nitrogen and oxygen atoms in total. The third-order valence-electron chi connectivity index (χ3n) is 5.86. The van der Waals surface area contributed by atoms with Gasteiger partial charge < -0.3 is 18.8 Å². The molecule has 0 aliphatic carbocycles. The van der Waals surface area contributed by atoms with Crippen molar-refractivity contribution in [2.75, 3.05) is 27.9 Å². The summed E-state index contributed by atoms with van der Waals surface area (Å²) in [6.07, 6.45) is 2.15. The molecule has 0 unspecified atom stereocenters. The van der Waals surface area contributed by atoms with E-state index in [9.17, 15) is 0 Å². The van der Waals surface area contributed by atoms with Gasteiger partial charge in [-0.2, -0.15) is 5.10 Å². The number of aromatic nitrogens is 3. The van der Waals surface area contributed by atoms with E-state index in [4.69, 9.17) is 31.5 Å². The number of hydrogen-bond acceptors (Lipinski definition) is 6. The average Bonchev–Trinajstić information content (AvgIpc) is 3.38. The quantitative estimate of drug-likeness (QED) is 0.507. The number of para-hydroxylation sites is 1. The van der Waals surface area contributed by atoms with E-state index < -0.39 is 0 Å². The first-order valence-electron chi connectivity index (χ1n) is 10.3. The van der Waals surface area contributed by atoms with Crippen LogP contribution in [0.1, 0.15) is 24.4 Å². The van der Waals surface area contributed by atoms with Gasteiger partial charge in [-0.3, -0.25) is 4.90 Å². The first-order chi connectivity index (χ1) is 15.1. The van der Waals surface area contributed by atoms with Gasteiger partial charge in [0.05, 0.1) is 33.6 Å². The molecule has 1 atom stereocenters. The Hall–Kier alpha value is -2.84. The van der Waals surface area contributed by atoms with Gasteiger partial charge in [-0.15, -0.1) is 0 Å². The lowest BCUT2D eigenvalue weighted by Crippen LogP contribution is -2.27. The van der Waals surface area contributed by atoms with Crippen LogP contribution < -0.4 is 14.2 Å². The Morgan fingerprint density at radius 3 is 2.55 bits per heavy atom. The van der Waals surface area contributed by atoms with Crippen molar-refractivity contribution >= 4 is 12.2 Å². The number of rotatable bonds is 7. The zero-order valence-electron chi connectivity index (χ0n) is 18.4. The van der Waals surface area contributed by atoms with Crippen LogP contribution in [0.25, 0.3) is 11.4 Å².